The number of nitrogens with zero attached hydrogens (tertiary/aromatic N) is 3. The topological polar surface area (TPSA) is 100 Å². The Morgan fingerprint density at radius 2 is 2.04 bits per heavy atom. The van der Waals surface area contributed by atoms with Gasteiger partial charge in [0.15, 0.2) is 5.82 Å². The molecule has 0 spiro atoms. The summed E-state index contributed by atoms with van der Waals surface area (Å²) in [7, 11) is 1.58. The number of anilines is 1. The van der Waals surface area contributed by atoms with Crippen LogP contribution in [0.5, 0.6) is 0 Å². The number of urea groups is 1. The van der Waals surface area contributed by atoms with Crippen molar-refractivity contribution in [1.29, 1.82) is 0 Å². The normalized spacial score (nSPS) is 17.2. The largest absolute Gasteiger partial charge is 0.355 e. The lowest BCUT2D eigenvalue weighted by Crippen LogP contribution is -2.41. The molecule has 0 radical (unpaired) electrons. The highest BCUT2D eigenvalue weighted by Crippen LogP contribution is 2.26. The third-order valence-corrected chi connectivity index (χ3v) is 4.23. The van der Waals surface area contributed by atoms with Crippen molar-refractivity contribution < 1.29 is 14.1 Å². The number of aryl methyl sites for hydroxylation is 1. The van der Waals surface area contributed by atoms with Gasteiger partial charge in [-0.05, 0) is 44.0 Å². The number of carbonyl (C=O) groups excluding carboxylic acids is 2. The van der Waals surface area contributed by atoms with Gasteiger partial charge in [0.1, 0.15) is 0 Å². The number of piperidine rings is 1. The number of benzene rings is 1. The zero-order valence-electron chi connectivity index (χ0n) is 14.3. The predicted octanol–water partition coefficient (Wildman–Crippen LogP) is 2.15. The average molecular weight is 343 g/mol. The van der Waals surface area contributed by atoms with Crippen LogP contribution in [0.4, 0.5) is 10.5 Å². The number of carbonyl (C=O) groups is 2. The van der Waals surface area contributed by atoms with E-state index in [0.29, 0.717) is 36.1 Å². The molecule has 0 bridgehead atoms. The van der Waals surface area contributed by atoms with Gasteiger partial charge in [0.2, 0.25) is 5.89 Å². The van der Waals surface area contributed by atoms with E-state index in [2.05, 4.69) is 20.8 Å². The summed E-state index contributed by atoms with van der Waals surface area (Å²) in [4.78, 5) is 30.1. The van der Waals surface area contributed by atoms with Gasteiger partial charge in [0, 0.05) is 31.4 Å². The highest BCUT2D eigenvalue weighted by molar-refractivity contribution is 5.95. The van der Waals surface area contributed by atoms with Crippen LogP contribution >= 0.6 is 0 Å². The molecule has 8 nitrogen and oxygen atoms in total. The first-order valence-corrected chi connectivity index (χ1v) is 8.25. The number of hydrogen-bond acceptors (Lipinski definition) is 5. The average Bonchev–Trinajstić information content (AvgIpc) is 3.08. The Kier molecular flexibility index (Phi) is 4.97. The smallest absolute Gasteiger partial charge is 0.321 e. The van der Waals surface area contributed by atoms with Crippen molar-refractivity contribution in [3.8, 4) is 0 Å². The van der Waals surface area contributed by atoms with Crippen molar-refractivity contribution in [2.24, 2.45) is 0 Å². The summed E-state index contributed by atoms with van der Waals surface area (Å²) in [5, 5.41) is 9.24. The number of likely N-dealkylation sites (tertiary alicyclic amines) is 1. The molecule has 3 rings (SSSR count). The van der Waals surface area contributed by atoms with E-state index in [1.165, 1.54) is 0 Å². The van der Waals surface area contributed by atoms with Crippen LogP contribution in [0.15, 0.2) is 28.8 Å². The van der Waals surface area contributed by atoms with Crippen molar-refractivity contribution in [3.05, 3.63) is 41.5 Å². The predicted molar refractivity (Wildman–Crippen MR) is 91.4 cm³/mol. The van der Waals surface area contributed by atoms with Gasteiger partial charge in [0.05, 0.1) is 5.92 Å². The number of aromatic nitrogens is 2. The molecule has 0 saturated carbocycles. The van der Waals surface area contributed by atoms with Crippen LogP contribution in [-0.2, 0) is 0 Å². The van der Waals surface area contributed by atoms with Crippen LogP contribution in [0, 0.1) is 6.92 Å². The zero-order chi connectivity index (χ0) is 17.8. The molecule has 132 valence electrons. The Morgan fingerprint density at radius 1 is 1.28 bits per heavy atom. The first-order chi connectivity index (χ1) is 12.1. The van der Waals surface area contributed by atoms with Gasteiger partial charge < -0.3 is 20.1 Å². The Hall–Kier alpha value is -2.90. The lowest BCUT2D eigenvalue weighted by Gasteiger charge is -2.31. The van der Waals surface area contributed by atoms with Gasteiger partial charge in [-0.1, -0.05) is 5.16 Å². The molecule has 8 heteroatoms. The molecule has 1 aromatic carbocycles. The SMILES string of the molecule is CNC(=O)c1ccc(NC(=O)N2CCCC(c3nc(C)no3)C2)cc1. The fourth-order valence-corrected chi connectivity index (χ4v) is 2.89. The maximum Gasteiger partial charge on any atom is 0.321 e. The Labute approximate surface area is 145 Å². The van der Waals surface area contributed by atoms with E-state index in [4.69, 9.17) is 4.52 Å². The quantitative estimate of drug-likeness (QED) is 0.889. The molecular formula is C17H21N5O3. The fourth-order valence-electron chi connectivity index (χ4n) is 2.89. The molecule has 25 heavy (non-hydrogen) atoms. The van der Waals surface area contributed by atoms with E-state index in [0.717, 1.165) is 12.8 Å². The van der Waals surface area contributed by atoms with E-state index in [1.807, 2.05) is 0 Å². The van der Waals surface area contributed by atoms with E-state index in [1.54, 1.807) is 43.1 Å². The highest BCUT2D eigenvalue weighted by Gasteiger charge is 2.28. The molecule has 1 unspecified atom stereocenters. The monoisotopic (exact) mass is 343 g/mol. The minimum atomic E-state index is -0.173. The molecule has 2 N–H and O–H groups in total. The molecular weight excluding hydrogens is 322 g/mol. The second-order valence-electron chi connectivity index (χ2n) is 6.05. The molecule has 2 aromatic rings. The third kappa shape index (κ3) is 3.96. The first kappa shape index (κ1) is 16.9. The standard InChI is InChI=1S/C17H21N5O3/c1-11-19-16(25-21-11)13-4-3-9-22(10-13)17(24)20-14-7-5-12(6-8-14)15(23)18-2/h5-8,13H,3-4,9-10H2,1-2H3,(H,18,23)(H,20,24). The molecule has 2 heterocycles. The summed E-state index contributed by atoms with van der Waals surface area (Å²) in [5.41, 5.74) is 1.19. The van der Waals surface area contributed by atoms with Crippen molar-refractivity contribution in [1.82, 2.24) is 20.4 Å². The Morgan fingerprint density at radius 3 is 2.68 bits per heavy atom. The summed E-state index contributed by atoms with van der Waals surface area (Å²) in [6.45, 7) is 3.01. The summed E-state index contributed by atoms with van der Waals surface area (Å²) in [5.74, 6) is 1.10. The lowest BCUT2D eigenvalue weighted by atomic mass is 9.98. The van der Waals surface area contributed by atoms with Gasteiger partial charge in [-0.3, -0.25) is 4.79 Å². The van der Waals surface area contributed by atoms with Crippen LogP contribution in [0.2, 0.25) is 0 Å². The van der Waals surface area contributed by atoms with Crippen molar-refractivity contribution in [2.75, 3.05) is 25.5 Å². The third-order valence-electron chi connectivity index (χ3n) is 4.23. The molecule has 1 atom stereocenters. The van der Waals surface area contributed by atoms with E-state index >= 15 is 0 Å². The van der Waals surface area contributed by atoms with Gasteiger partial charge in [-0.25, -0.2) is 4.79 Å². The van der Waals surface area contributed by atoms with Crippen molar-refractivity contribution in [3.63, 3.8) is 0 Å². The molecule has 1 aliphatic heterocycles. The second-order valence-corrected chi connectivity index (χ2v) is 6.05. The lowest BCUT2D eigenvalue weighted by molar-refractivity contribution is 0.0963. The number of rotatable bonds is 3. The highest BCUT2D eigenvalue weighted by atomic mass is 16.5. The van der Waals surface area contributed by atoms with Crippen LogP contribution in [0.25, 0.3) is 0 Å². The Balaban J connectivity index is 1.61. The van der Waals surface area contributed by atoms with Crippen LogP contribution in [0.3, 0.4) is 0 Å². The van der Waals surface area contributed by atoms with Crippen molar-refractivity contribution >= 4 is 17.6 Å². The van der Waals surface area contributed by atoms with Crippen molar-refractivity contribution in [2.45, 2.75) is 25.7 Å². The van der Waals surface area contributed by atoms with Gasteiger partial charge >= 0.3 is 6.03 Å². The zero-order valence-corrected chi connectivity index (χ0v) is 14.3. The van der Waals surface area contributed by atoms with Crippen LogP contribution < -0.4 is 10.6 Å². The maximum atomic E-state index is 12.5. The minimum Gasteiger partial charge on any atom is -0.355 e. The second kappa shape index (κ2) is 7.33. The molecule has 1 saturated heterocycles. The minimum absolute atomic E-state index is 0.0660. The molecule has 3 amide bonds. The van der Waals surface area contributed by atoms with E-state index < -0.39 is 0 Å². The maximum absolute atomic E-state index is 12.5. The molecule has 1 aliphatic rings. The van der Waals surface area contributed by atoms with Gasteiger partial charge in [0.25, 0.3) is 5.91 Å². The number of amides is 3. The van der Waals surface area contributed by atoms with Crippen LogP contribution in [0.1, 0.15) is 40.8 Å². The van der Waals surface area contributed by atoms with Gasteiger partial charge in [-0.15, -0.1) is 0 Å². The molecule has 0 aliphatic carbocycles. The molecule has 1 fully saturated rings. The Bertz CT molecular complexity index is 756. The summed E-state index contributed by atoms with van der Waals surface area (Å²) in [6.07, 6.45) is 1.81. The fraction of sp³-hybridized carbons (Fsp3) is 0.412. The summed E-state index contributed by atoms with van der Waals surface area (Å²) < 4.78 is 5.24. The first-order valence-electron chi connectivity index (χ1n) is 8.25. The number of nitrogens with one attached hydrogen (secondary N) is 2. The summed E-state index contributed by atoms with van der Waals surface area (Å²) >= 11 is 0. The van der Waals surface area contributed by atoms with E-state index in [9.17, 15) is 9.59 Å². The van der Waals surface area contributed by atoms with Gasteiger partial charge in [-0.2, -0.15) is 4.98 Å². The van der Waals surface area contributed by atoms with E-state index in [-0.39, 0.29) is 17.9 Å². The number of hydrogen-bond donors (Lipinski definition) is 2. The molecule has 1 aromatic heterocycles. The summed E-state index contributed by atoms with van der Waals surface area (Å²) in [6, 6.07) is 6.61. The van der Waals surface area contributed by atoms with Crippen LogP contribution in [-0.4, -0.2) is 47.1 Å².